The SMILES string of the molecule is [2H]C([2H])([2H])[CH-]C([2H])([2H])[2H].[Br-].[Mg+2]. The van der Waals surface area contributed by atoms with Crippen molar-refractivity contribution in [2.24, 2.45) is 0 Å². The second-order valence-corrected chi connectivity index (χ2v) is 0.144. The second-order valence-electron chi connectivity index (χ2n) is 0.144. The summed E-state index contributed by atoms with van der Waals surface area (Å²) in [5.74, 6) is 0. The smallest absolute Gasteiger partial charge is 1.00 e. The van der Waals surface area contributed by atoms with Crippen LogP contribution in [0.3, 0.4) is 0 Å². The van der Waals surface area contributed by atoms with Crippen LogP contribution in [0, 0.1) is 6.42 Å². The molecule has 0 aliphatic heterocycles. The van der Waals surface area contributed by atoms with Crippen molar-refractivity contribution in [3.8, 4) is 0 Å². The standard InChI is InChI=1S/C3H7.BrH.Mg/c1-3-2;;/h3H,1-2H3;1H;/q-1;;+2/p-1/i1D3,2D3;;. The summed E-state index contributed by atoms with van der Waals surface area (Å²) in [6, 6.07) is 0. The van der Waals surface area contributed by atoms with Gasteiger partial charge in [0.05, 0.1) is 0 Å². The van der Waals surface area contributed by atoms with E-state index < -0.39 is 13.7 Å². The molecule has 0 unspecified atom stereocenters. The topological polar surface area (TPSA) is 0 Å². The van der Waals surface area contributed by atoms with Crippen molar-refractivity contribution in [2.45, 2.75) is 13.7 Å². The summed E-state index contributed by atoms with van der Waals surface area (Å²) in [4.78, 5) is 0. The first-order chi connectivity index (χ1) is 3.71. The molecule has 0 aliphatic carbocycles. The Morgan fingerprint density at radius 3 is 2.00 bits per heavy atom. The molecule has 0 radical (unpaired) electrons. The van der Waals surface area contributed by atoms with Crippen molar-refractivity contribution < 1.29 is 25.2 Å². The minimum Gasteiger partial charge on any atom is -1.00 e. The van der Waals surface area contributed by atoms with Gasteiger partial charge in [0.15, 0.2) is 0 Å². The molecule has 0 aliphatic rings. The Bertz CT molecular complexity index is 83.0. The summed E-state index contributed by atoms with van der Waals surface area (Å²) in [5.41, 5.74) is 0. The van der Waals surface area contributed by atoms with E-state index in [9.17, 15) is 0 Å². The molecular weight excluding hydrogens is 140 g/mol. The molecule has 28 valence electrons. The van der Waals surface area contributed by atoms with Gasteiger partial charge in [-0.05, 0) is 8.22 Å². The molecule has 0 fully saturated rings. The molecule has 0 aromatic heterocycles. The van der Waals surface area contributed by atoms with E-state index in [4.69, 9.17) is 8.22 Å². The zero-order valence-electron chi connectivity index (χ0n) is 8.66. The first kappa shape index (κ1) is 2.01. The Balaban J connectivity index is -0.000000320. The molecule has 0 aromatic carbocycles. The maximum absolute atomic E-state index is 6.51. The van der Waals surface area contributed by atoms with Crippen LogP contribution < -0.4 is 17.0 Å². The molecule has 0 saturated heterocycles. The molecule has 2 heteroatoms. The summed E-state index contributed by atoms with van der Waals surface area (Å²) in [6.45, 7) is -4.91. The Kier molecular flexibility index (Phi) is 7.54. The van der Waals surface area contributed by atoms with E-state index in [1.807, 2.05) is 0 Å². The fraction of sp³-hybridized carbons (Fsp3) is 0.667. The number of halogens is 1. The minimum absolute atomic E-state index is 0. The van der Waals surface area contributed by atoms with Gasteiger partial charge in [-0.3, -0.25) is 0 Å². The molecule has 0 N–H and O–H groups in total. The van der Waals surface area contributed by atoms with Gasteiger partial charge in [0.1, 0.15) is 0 Å². The third kappa shape index (κ3) is 35.6. The van der Waals surface area contributed by atoms with Gasteiger partial charge < -0.3 is 23.4 Å². The second kappa shape index (κ2) is 18.7. The van der Waals surface area contributed by atoms with Crippen molar-refractivity contribution in [3.05, 3.63) is 6.42 Å². The average Bonchev–Trinajstić information content (AvgIpc) is 1.14. The first-order valence-corrected chi connectivity index (χ1v) is 0.577. The fourth-order valence-corrected chi connectivity index (χ4v) is 0. The average molecular weight is 153 g/mol. The molecule has 0 atom stereocenters. The minimum atomic E-state index is -2.45. The maximum Gasteiger partial charge on any atom is 2.00 e. The van der Waals surface area contributed by atoms with Crippen molar-refractivity contribution >= 4 is 23.1 Å². The van der Waals surface area contributed by atoms with Crippen LogP contribution in [-0.4, -0.2) is 23.1 Å². The van der Waals surface area contributed by atoms with Gasteiger partial charge in [-0.25, -0.2) is 0 Å². The third-order valence-corrected chi connectivity index (χ3v) is 0. The van der Waals surface area contributed by atoms with E-state index >= 15 is 0 Å². The van der Waals surface area contributed by atoms with E-state index in [0.29, 0.717) is 6.42 Å². The van der Waals surface area contributed by atoms with Gasteiger partial charge in [-0.15, -0.1) is 0 Å². The molecule has 0 bridgehead atoms. The van der Waals surface area contributed by atoms with Crippen LogP contribution in [0.25, 0.3) is 0 Å². The zero-order valence-corrected chi connectivity index (χ0v) is 5.66. The molecule has 0 nitrogen and oxygen atoms in total. The van der Waals surface area contributed by atoms with Gasteiger partial charge >= 0.3 is 23.1 Å². The van der Waals surface area contributed by atoms with Crippen molar-refractivity contribution in [1.29, 1.82) is 0 Å². The summed E-state index contributed by atoms with van der Waals surface area (Å²) in [7, 11) is 0. The van der Waals surface area contributed by atoms with E-state index in [1.54, 1.807) is 0 Å². The number of hydrogen-bond acceptors (Lipinski definition) is 0. The normalized spacial score (nSPS) is 26.4. The Labute approximate surface area is 68.7 Å². The first-order valence-electron chi connectivity index (χ1n) is 3.58. The van der Waals surface area contributed by atoms with Crippen molar-refractivity contribution in [1.82, 2.24) is 0 Å². The van der Waals surface area contributed by atoms with Crippen LogP contribution in [0.15, 0.2) is 0 Å². The summed E-state index contributed by atoms with van der Waals surface area (Å²) in [6.07, 6.45) is 0.375. The largest absolute Gasteiger partial charge is 2.00 e. The molecule has 0 heterocycles. The zero-order chi connectivity index (χ0) is 7.71. The molecule has 0 amide bonds. The van der Waals surface area contributed by atoms with Crippen LogP contribution in [0.2, 0.25) is 0 Å². The summed E-state index contributed by atoms with van der Waals surface area (Å²) >= 11 is 0. The number of rotatable bonds is 0. The van der Waals surface area contributed by atoms with E-state index in [2.05, 4.69) is 0 Å². The summed E-state index contributed by atoms with van der Waals surface area (Å²) < 4.78 is 39.0. The van der Waals surface area contributed by atoms with Crippen LogP contribution in [0.4, 0.5) is 0 Å². The molecule has 5 heavy (non-hydrogen) atoms. The molecular formula is C3H7BrMg. The fourth-order valence-electron chi connectivity index (χ4n) is 0. The third-order valence-electron chi connectivity index (χ3n) is 0. The summed E-state index contributed by atoms with van der Waals surface area (Å²) in [5, 5.41) is 0. The molecule has 0 rings (SSSR count). The maximum atomic E-state index is 6.51. The van der Waals surface area contributed by atoms with E-state index in [0.717, 1.165) is 0 Å². The molecule has 0 saturated carbocycles. The van der Waals surface area contributed by atoms with E-state index in [-0.39, 0.29) is 40.0 Å². The van der Waals surface area contributed by atoms with Crippen LogP contribution in [-0.2, 0) is 0 Å². The van der Waals surface area contributed by atoms with Crippen molar-refractivity contribution in [3.63, 3.8) is 0 Å². The van der Waals surface area contributed by atoms with Gasteiger partial charge in [-0.1, -0.05) is 0 Å². The number of hydrogen-bond donors (Lipinski definition) is 0. The predicted octanol–water partition coefficient (Wildman–Crippen LogP) is -2.15. The van der Waals surface area contributed by atoms with Gasteiger partial charge in [0, 0.05) is 0 Å². The predicted molar refractivity (Wildman–Crippen MR) is 21.4 cm³/mol. The van der Waals surface area contributed by atoms with Crippen LogP contribution >= 0.6 is 0 Å². The Hall–Kier alpha value is 1.25. The van der Waals surface area contributed by atoms with Crippen LogP contribution in [0.5, 0.6) is 0 Å². The Morgan fingerprint density at radius 2 is 2.00 bits per heavy atom. The monoisotopic (exact) mass is 152 g/mol. The van der Waals surface area contributed by atoms with Crippen molar-refractivity contribution in [2.75, 3.05) is 0 Å². The van der Waals surface area contributed by atoms with E-state index in [1.165, 1.54) is 0 Å². The molecule has 0 aromatic rings. The molecule has 0 spiro atoms. The van der Waals surface area contributed by atoms with Gasteiger partial charge in [0.25, 0.3) is 0 Å². The Morgan fingerprint density at radius 1 is 1.60 bits per heavy atom. The van der Waals surface area contributed by atoms with Crippen LogP contribution in [0.1, 0.15) is 21.9 Å². The van der Waals surface area contributed by atoms with Gasteiger partial charge in [0.2, 0.25) is 0 Å². The quantitative estimate of drug-likeness (QED) is 0.275. The van der Waals surface area contributed by atoms with Gasteiger partial charge in [-0.2, -0.15) is 13.7 Å².